The molecule has 6 nitrogen and oxygen atoms in total. The first-order chi connectivity index (χ1) is 14.1. The summed E-state index contributed by atoms with van der Waals surface area (Å²) in [6.45, 7) is 2.54. The zero-order chi connectivity index (χ0) is 20.0. The predicted octanol–water partition coefficient (Wildman–Crippen LogP) is 2.89. The number of nitrogens with zero attached hydrogens (tertiary/aromatic N) is 3. The van der Waals surface area contributed by atoms with Gasteiger partial charge in [0, 0.05) is 36.3 Å². The van der Waals surface area contributed by atoms with Crippen LogP contribution < -0.4 is 5.73 Å². The third-order valence-electron chi connectivity index (χ3n) is 5.75. The van der Waals surface area contributed by atoms with Gasteiger partial charge < -0.3 is 10.8 Å². The summed E-state index contributed by atoms with van der Waals surface area (Å²) in [4.78, 5) is 24.3. The van der Waals surface area contributed by atoms with Crippen LogP contribution in [0.4, 0.5) is 5.95 Å². The maximum absolute atomic E-state index is 13.2. The molecule has 0 unspecified atom stereocenters. The van der Waals surface area contributed by atoms with E-state index in [9.17, 15) is 9.90 Å². The Morgan fingerprint density at radius 1 is 1.00 bits per heavy atom. The topological polar surface area (TPSA) is 92.3 Å². The Kier molecular flexibility index (Phi) is 4.38. The van der Waals surface area contributed by atoms with Crippen molar-refractivity contribution < 1.29 is 9.90 Å². The van der Waals surface area contributed by atoms with E-state index in [0.29, 0.717) is 22.5 Å². The fourth-order valence-electron chi connectivity index (χ4n) is 4.25. The van der Waals surface area contributed by atoms with Gasteiger partial charge in [-0.25, -0.2) is 9.97 Å². The average Bonchev–Trinajstić information content (AvgIpc) is 3.01. The van der Waals surface area contributed by atoms with E-state index in [2.05, 4.69) is 14.9 Å². The lowest BCUT2D eigenvalue weighted by Gasteiger charge is -2.29. The molecule has 1 aliphatic carbocycles. The SMILES string of the molecule is Nc1nc(-c2ccccc2)c2c(n1)-c1cc(CN3CCC(O)CC3)ccc1C2=O. The lowest BCUT2D eigenvalue weighted by atomic mass is 10.0. The Morgan fingerprint density at radius 2 is 1.72 bits per heavy atom. The molecule has 1 saturated heterocycles. The monoisotopic (exact) mass is 386 g/mol. The summed E-state index contributed by atoms with van der Waals surface area (Å²) in [5, 5.41) is 9.71. The van der Waals surface area contributed by atoms with E-state index in [4.69, 9.17) is 5.73 Å². The van der Waals surface area contributed by atoms with Gasteiger partial charge in [-0.05, 0) is 24.5 Å². The average molecular weight is 386 g/mol. The molecule has 0 amide bonds. The summed E-state index contributed by atoms with van der Waals surface area (Å²) >= 11 is 0. The van der Waals surface area contributed by atoms with E-state index in [1.807, 2.05) is 48.5 Å². The van der Waals surface area contributed by atoms with Crippen molar-refractivity contribution in [1.29, 1.82) is 0 Å². The lowest BCUT2D eigenvalue weighted by molar-refractivity contribution is 0.0792. The minimum absolute atomic E-state index is 0.0542. The fraction of sp³-hybridized carbons (Fsp3) is 0.261. The van der Waals surface area contributed by atoms with Crippen LogP contribution in [-0.4, -0.2) is 45.0 Å². The normalized spacial score (nSPS) is 16.7. The Hall–Kier alpha value is -3.09. The highest BCUT2D eigenvalue weighted by Crippen LogP contribution is 2.40. The summed E-state index contributed by atoms with van der Waals surface area (Å²) in [5.41, 5.74) is 11.2. The van der Waals surface area contributed by atoms with Gasteiger partial charge in [0.15, 0.2) is 5.78 Å². The van der Waals surface area contributed by atoms with Crippen LogP contribution in [0.1, 0.15) is 34.3 Å². The highest BCUT2D eigenvalue weighted by atomic mass is 16.3. The number of benzene rings is 2. The van der Waals surface area contributed by atoms with Gasteiger partial charge in [-0.1, -0.05) is 42.5 Å². The number of aliphatic hydroxyl groups excluding tert-OH is 1. The first-order valence-corrected chi connectivity index (χ1v) is 9.91. The zero-order valence-electron chi connectivity index (χ0n) is 16.0. The number of aliphatic hydroxyl groups is 1. The van der Waals surface area contributed by atoms with Gasteiger partial charge >= 0.3 is 0 Å². The largest absolute Gasteiger partial charge is 0.393 e. The van der Waals surface area contributed by atoms with Crippen molar-refractivity contribution in [3.05, 3.63) is 65.2 Å². The van der Waals surface area contributed by atoms with Crippen molar-refractivity contribution in [1.82, 2.24) is 14.9 Å². The number of fused-ring (bicyclic) bond motifs is 3. The highest BCUT2D eigenvalue weighted by Gasteiger charge is 2.33. The summed E-state index contributed by atoms with van der Waals surface area (Å²) in [5.74, 6) is 0.111. The molecule has 1 aromatic heterocycles. The van der Waals surface area contributed by atoms with Gasteiger partial charge in [0.25, 0.3) is 0 Å². The quantitative estimate of drug-likeness (QED) is 0.562. The summed E-state index contributed by atoms with van der Waals surface area (Å²) in [6.07, 6.45) is 1.42. The number of carbonyl (C=O) groups is 1. The van der Waals surface area contributed by atoms with Crippen molar-refractivity contribution in [3.8, 4) is 22.5 Å². The van der Waals surface area contributed by atoms with Gasteiger partial charge in [0.2, 0.25) is 5.95 Å². The van der Waals surface area contributed by atoms with Gasteiger partial charge in [-0.2, -0.15) is 0 Å². The van der Waals surface area contributed by atoms with E-state index in [-0.39, 0.29) is 17.8 Å². The predicted molar refractivity (Wildman–Crippen MR) is 111 cm³/mol. The number of anilines is 1. The van der Waals surface area contributed by atoms with E-state index in [1.54, 1.807) is 0 Å². The fourth-order valence-corrected chi connectivity index (χ4v) is 4.25. The van der Waals surface area contributed by atoms with Crippen LogP contribution in [0.2, 0.25) is 0 Å². The smallest absolute Gasteiger partial charge is 0.221 e. The van der Waals surface area contributed by atoms with E-state index >= 15 is 0 Å². The van der Waals surface area contributed by atoms with Crippen LogP contribution >= 0.6 is 0 Å². The third kappa shape index (κ3) is 3.20. The van der Waals surface area contributed by atoms with Crippen LogP contribution in [0.3, 0.4) is 0 Å². The zero-order valence-corrected chi connectivity index (χ0v) is 16.0. The number of aromatic nitrogens is 2. The molecule has 1 aliphatic heterocycles. The number of ketones is 1. The second kappa shape index (κ2) is 7.06. The molecular weight excluding hydrogens is 364 g/mol. The molecule has 0 bridgehead atoms. The number of nitrogen functional groups attached to an aromatic ring is 1. The minimum Gasteiger partial charge on any atom is -0.393 e. The Bertz CT molecular complexity index is 1090. The first-order valence-electron chi connectivity index (χ1n) is 9.91. The molecule has 146 valence electrons. The highest BCUT2D eigenvalue weighted by molar-refractivity contribution is 6.23. The number of rotatable bonds is 3. The van der Waals surface area contributed by atoms with Crippen LogP contribution in [-0.2, 0) is 6.54 Å². The number of carbonyl (C=O) groups excluding carboxylic acids is 1. The summed E-state index contributed by atoms with van der Waals surface area (Å²) in [7, 11) is 0. The molecule has 29 heavy (non-hydrogen) atoms. The molecular formula is C23H22N4O2. The molecule has 0 radical (unpaired) electrons. The summed E-state index contributed by atoms with van der Waals surface area (Å²) in [6, 6.07) is 15.6. The van der Waals surface area contributed by atoms with Crippen LogP contribution in [0.15, 0.2) is 48.5 Å². The second-order valence-electron chi connectivity index (χ2n) is 7.74. The second-order valence-corrected chi connectivity index (χ2v) is 7.74. The van der Waals surface area contributed by atoms with Crippen molar-refractivity contribution in [3.63, 3.8) is 0 Å². The third-order valence-corrected chi connectivity index (χ3v) is 5.75. The molecule has 6 heteroatoms. The molecule has 1 fully saturated rings. The lowest BCUT2D eigenvalue weighted by Crippen LogP contribution is -2.35. The molecule has 2 aromatic carbocycles. The van der Waals surface area contributed by atoms with Crippen molar-refractivity contribution >= 4 is 11.7 Å². The van der Waals surface area contributed by atoms with Gasteiger partial charge in [0.05, 0.1) is 23.1 Å². The standard InChI is InChI=1S/C23H22N4O2/c24-23-25-20(15-4-2-1-3-5-15)19-21(26-23)18-12-14(6-7-17(18)22(19)29)13-27-10-8-16(28)9-11-27/h1-7,12,16,28H,8-11,13H2,(H2,24,25,26). The van der Waals surface area contributed by atoms with Crippen molar-refractivity contribution in [2.24, 2.45) is 0 Å². The number of likely N-dealkylation sites (tertiary alicyclic amines) is 1. The van der Waals surface area contributed by atoms with Crippen molar-refractivity contribution in [2.45, 2.75) is 25.5 Å². The molecule has 3 aromatic rings. The minimum atomic E-state index is -0.188. The first kappa shape index (κ1) is 18.0. The number of nitrogens with two attached hydrogens (primary N) is 1. The van der Waals surface area contributed by atoms with Crippen molar-refractivity contribution in [2.75, 3.05) is 18.8 Å². The Morgan fingerprint density at radius 3 is 2.48 bits per heavy atom. The van der Waals surface area contributed by atoms with Crippen LogP contribution in [0.25, 0.3) is 22.5 Å². The maximum Gasteiger partial charge on any atom is 0.221 e. The van der Waals surface area contributed by atoms with E-state index in [0.717, 1.165) is 49.2 Å². The van der Waals surface area contributed by atoms with Gasteiger partial charge in [-0.15, -0.1) is 0 Å². The maximum atomic E-state index is 13.2. The van der Waals surface area contributed by atoms with E-state index < -0.39 is 0 Å². The summed E-state index contributed by atoms with van der Waals surface area (Å²) < 4.78 is 0. The molecule has 0 atom stereocenters. The van der Waals surface area contributed by atoms with Gasteiger partial charge in [-0.3, -0.25) is 9.69 Å². The Labute approximate surface area is 169 Å². The van der Waals surface area contributed by atoms with Gasteiger partial charge in [0.1, 0.15) is 0 Å². The van der Waals surface area contributed by atoms with Crippen LogP contribution in [0, 0.1) is 0 Å². The Balaban J connectivity index is 1.55. The molecule has 0 spiro atoms. The van der Waals surface area contributed by atoms with E-state index in [1.165, 1.54) is 0 Å². The molecule has 0 saturated carbocycles. The molecule has 2 aliphatic rings. The molecule has 3 N–H and O–H groups in total. The number of hydrogen-bond donors (Lipinski definition) is 2. The number of piperidine rings is 1. The number of hydrogen-bond acceptors (Lipinski definition) is 6. The molecule has 2 heterocycles. The molecule has 5 rings (SSSR count). The van der Waals surface area contributed by atoms with Crippen LogP contribution in [0.5, 0.6) is 0 Å².